The number of hydrogen-bond donors (Lipinski definition) is 0. The summed E-state index contributed by atoms with van der Waals surface area (Å²) < 4.78 is 1.95. The highest BCUT2D eigenvalue weighted by molar-refractivity contribution is 5.98. The molecular weight excluding hydrogens is 348 g/mol. The van der Waals surface area contributed by atoms with Crippen LogP contribution in [0.3, 0.4) is 0 Å². The van der Waals surface area contributed by atoms with Gasteiger partial charge >= 0.3 is 0 Å². The molecule has 0 N–H and O–H groups in total. The molecule has 0 aliphatic carbocycles. The van der Waals surface area contributed by atoms with Gasteiger partial charge in [-0.15, -0.1) is 0 Å². The second-order valence-electron chi connectivity index (χ2n) is 7.49. The third-order valence-electron chi connectivity index (χ3n) is 5.48. The van der Waals surface area contributed by atoms with Crippen molar-refractivity contribution in [1.82, 2.24) is 14.7 Å². The van der Waals surface area contributed by atoms with Gasteiger partial charge in [0.15, 0.2) is 0 Å². The van der Waals surface area contributed by atoms with Gasteiger partial charge in [-0.3, -0.25) is 14.4 Å². The zero-order valence-electron chi connectivity index (χ0n) is 16.5. The van der Waals surface area contributed by atoms with Crippen LogP contribution in [0.5, 0.6) is 0 Å². The third kappa shape index (κ3) is 3.85. The largest absolute Gasteiger partial charge is 0.310 e. The van der Waals surface area contributed by atoms with Crippen LogP contribution in [0.1, 0.15) is 23.6 Å². The zero-order chi connectivity index (χ0) is 19.5. The Balaban J connectivity index is 1.38. The molecule has 1 amide bonds. The maximum atomic E-state index is 13.0. The van der Waals surface area contributed by atoms with E-state index in [1.54, 1.807) is 0 Å². The highest BCUT2D eigenvalue weighted by Crippen LogP contribution is 2.28. The molecular formula is C23H26N4O. The van der Waals surface area contributed by atoms with E-state index in [4.69, 9.17) is 0 Å². The predicted octanol–water partition coefficient (Wildman–Crippen LogP) is 3.34. The van der Waals surface area contributed by atoms with Crippen LogP contribution < -0.4 is 4.90 Å². The molecule has 0 radical (unpaired) electrons. The number of rotatable bonds is 6. The van der Waals surface area contributed by atoms with E-state index in [1.165, 1.54) is 11.1 Å². The molecule has 0 saturated carbocycles. The molecule has 0 unspecified atom stereocenters. The third-order valence-corrected chi connectivity index (χ3v) is 5.48. The molecule has 4 rings (SSSR count). The lowest BCUT2D eigenvalue weighted by molar-refractivity contribution is -0.122. The van der Waals surface area contributed by atoms with Crippen molar-refractivity contribution in [3.8, 4) is 0 Å². The standard InChI is InChI=1S/C23H26N4O/c1-18(23(28)27-13-12-21-10-6-7-11-22(21)27)25(2)15-20-14-24-26(17-20)16-19-8-4-3-5-9-19/h3-11,14,17-18H,12-13,15-16H2,1-2H3/t18-/m0/s1. The second kappa shape index (κ2) is 7.98. The normalized spacial score (nSPS) is 14.3. The molecule has 3 aromatic rings. The molecule has 1 aliphatic rings. The van der Waals surface area contributed by atoms with E-state index in [2.05, 4.69) is 34.4 Å². The first kappa shape index (κ1) is 18.4. The van der Waals surface area contributed by atoms with Crippen molar-refractivity contribution in [2.75, 3.05) is 18.5 Å². The summed E-state index contributed by atoms with van der Waals surface area (Å²) in [6.07, 6.45) is 4.89. The van der Waals surface area contributed by atoms with Crippen LogP contribution in [0.15, 0.2) is 67.0 Å². The summed E-state index contributed by atoms with van der Waals surface area (Å²) in [4.78, 5) is 17.1. The molecule has 0 saturated heterocycles. The van der Waals surface area contributed by atoms with Gasteiger partial charge in [-0.2, -0.15) is 5.10 Å². The quantitative estimate of drug-likeness (QED) is 0.664. The van der Waals surface area contributed by atoms with Gasteiger partial charge < -0.3 is 4.90 Å². The minimum absolute atomic E-state index is 0.157. The van der Waals surface area contributed by atoms with E-state index in [0.717, 1.165) is 30.8 Å². The van der Waals surface area contributed by atoms with E-state index < -0.39 is 0 Å². The first-order valence-corrected chi connectivity index (χ1v) is 9.76. The van der Waals surface area contributed by atoms with Crippen molar-refractivity contribution in [3.63, 3.8) is 0 Å². The summed E-state index contributed by atoms with van der Waals surface area (Å²) in [5, 5.41) is 4.47. The van der Waals surface area contributed by atoms with Crippen molar-refractivity contribution in [2.45, 2.75) is 32.5 Å². The van der Waals surface area contributed by atoms with Gasteiger partial charge in [0.2, 0.25) is 5.91 Å². The fourth-order valence-electron chi connectivity index (χ4n) is 3.75. The molecule has 0 spiro atoms. The van der Waals surface area contributed by atoms with E-state index in [-0.39, 0.29) is 11.9 Å². The Bertz CT molecular complexity index is 950. The van der Waals surface area contributed by atoms with E-state index in [1.807, 2.05) is 66.1 Å². The smallest absolute Gasteiger partial charge is 0.244 e. The Labute approximate surface area is 166 Å². The van der Waals surface area contributed by atoms with Crippen LogP contribution >= 0.6 is 0 Å². The number of carbonyl (C=O) groups excluding carboxylic acids is 1. The first-order valence-electron chi connectivity index (χ1n) is 9.76. The minimum atomic E-state index is -0.191. The maximum Gasteiger partial charge on any atom is 0.244 e. The number of nitrogens with zero attached hydrogens (tertiary/aromatic N) is 4. The fraction of sp³-hybridized carbons (Fsp3) is 0.304. The Kier molecular flexibility index (Phi) is 5.26. The van der Waals surface area contributed by atoms with Crippen LogP contribution in [-0.2, 0) is 24.3 Å². The fourth-order valence-corrected chi connectivity index (χ4v) is 3.75. The number of para-hydroxylation sites is 1. The Hall–Kier alpha value is -2.92. The molecule has 1 atom stereocenters. The van der Waals surface area contributed by atoms with Crippen LogP contribution in [0, 0.1) is 0 Å². The van der Waals surface area contributed by atoms with Gasteiger partial charge in [-0.05, 0) is 37.6 Å². The van der Waals surface area contributed by atoms with Gasteiger partial charge in [-0.25, -0.2) is 0 Å². The molecule has 2 aromatic carbocycles. The van der Waals surface area contributed by atoms with Crippen LogP contribution in [0.25, 0.3) is 0 Å². The molecule has 28 heavy (non-hydrogen) atoms. The van der Waals surface area contributed by atoms with Gasteiger partial charge in [0.25, 0.3) is 0 Å². The summed E-state index contributed by atoms with van der Waals surface area (Å²) in [5.41, 5.74) is 4.65. The minimum Gasteiger partial charge on any atom is -0.310 e. The molecule has 0 bridgehead atoms. The average molecular weight is 374 g/mol. The number of carbonyl (C=O) groups is 1. The summed E-state index contributed by atoms with van der Waals surface area (Å²) in [6, 6.07) is 18.3. The molecule has 0 fully saturated rings. The number of anilines is 1. The Morgan fingerprint density at radius 1 is 1.11 bits per heavy atom. The van der Waals surface area contributed by atoms with Crippen molar-refractivity contribution in [3.05, 3.63) is 83.7 Å². The van der Waals surface area contributed by atoms with Gasteiger partial charge in [0, 0.05) is 30.5 Å². The first-order chi connectivity index (χ1) is 13.6. The highest BCUT2D eigenvalue weighted by Gasteiger charge is 2.29. The number of likely N-dealkylation sites (N-methyl/N-ethyl adjacent to an activating group) is 1. The predicted molar refractivity (Wildman–Crippen MR) is 111 cm³/mol. The van der Waals surface area contributed by atoms with Gasteiger partial charge in [0.1, 0.15) is 0 Å². The molecule has 1 aromatic heterocycles. The number of amides is 1. The summed E-state index contributed by atoms with van der Waals surface area (Å²) in [6.45, 7) is 4.20. The topological polar surface area (TPSA) is 41.4 Å². The lowest BCUT2D eigenvalue weighted by Crippen LogP contribution is -2.44. The summed E-state index contributed by atoms with van der Waals surface area (Å²) >= 11 is 0. The van der Waals surface area contributed by atoms with Crippen molar-refractivity contribution < 1.29 is 4.79 Å². The average Bonchev–Trinajstić information content (AvgIpc) is 3.34. The highest BCUT2D eigenvalue weighted by atomic mass is 16.2. The lowest BCUT2D eigenvalue weighted by atomic mass is 10.2. The molecule has 5 nitrogen and oxygen atoms in total. The second-order valence-corrected chi connectivity index (χ2v) is 7.49. The Morgan fingerprint density at radius 2 is 1.86 bits per heavy atom. The molecule has 5 heteroatoms. The van der Waals surface area contributed by atoms with E-state index >= 15 is 0 Å². The van der Waals surface area contributed by atoms with E-state index in [9.17, 15) is 4.79 Å². The monoisotopic (exact) mass is 374 g/mol. The van der Waals surface area contributed by atoms with Crippen LogP contribution in [-0.4, -0.2) is 40.2 Å². The number of benzene rings is 2. The Morgan fingerprint density at radius 3 is 2.68 bits per heavy atom. The lowest BCUT2D eigenvalue weighted by Gasteiger charge is -2.28. The molecule has 2 heterocycles. The van der Waals surface area contributed by atoms with Crippen molar-refractivity contribution >= 4 is 11.6 Å². The zero-order valence-corrected chi connectivity index (χ0v) is 16.5. The summed E-state index contributed by atoms with van der Waals surface area (Å²) in [5.74, 6) is 0.157. The number of hydrogen-bond acceptors (Lipinski definition) is 3. The molecule has 1 aliphatic heterocycles. The number of fused-ring (bicyclic) bond motifs is 1. The van der Waals surface area contributed by atoms with Gasteiger partial charge in [-0.1, -0.05) is 48.5 Å². The van der Waals surface area contributed by atoms with Crippen LogP contribution in [0.2, 0.25) is 0 Å². The van der Waals surface area contributed by atoms with Gasteiger partial charge in [0.05, 0.1) is 18.8 Å². The van der Waals surface area contributed by atoms with Crippen molar-refractivity contribution in [2.24, 2.45) is 0 Å². The van der Waals surface area contributed by atoms with Crippen molar-refractivity contribution in [1.29, 1.82) is 0 Å². The summed E-state index contributed by atoms with van der Waals surface area (Å²) in [7, 11) is 2.00. The van der Waals surface area contributed by atoms with E-state index in [0.29, 0.717) is 6.54 Å². The number of aromatic nitrogens is 2. The molecule has 144 valence electrons. The SMILES string of the molecule is C[C@@H](C(=O)N1CCc2ccccc21)N(C)Cc1cnn(Cc2ccccc2)c1. The van der Waals surface area contributed by atoms with Crippen LogP contribution in [0.4, 0.5) is 5.69 Å². The maximum absolute atomic E-state index is 13.0.